The number of aromatic nitrogens is 3. The molecule has 0 bridgehead atoms. The number of terminal acetylenes is 1. The molecule has 1 N–H and O–H groups in total. The fraction of sp³-hybridized carbons (Fsp3) is 0.471. The lowest BCUT2D eigenvalue weighted by molar-refractivity contribution is -0.120. The van der Waals surface area contributed by atoms with Gasteiger partial charge < -0.3 is 10.1 Å². The number of amides is 1. The van der Waals surface area contributed by atoms with Gasteiger partial charge in [0.25, 0.3) is 0 Å². The summed E-state index contributed by atoms with van der Waals surface area (Å²) in [7, 11) is 0. The number of rotatable bonds is 7. The molecule has 3 heterocycles. The zero-order valence-corrected chi connectivity index (χ0v) is 15.6. The Morgan fingerprint density at radius 1 is 1.64 bits per heavy atom. The van der Waals surface area contributed by atoms with E-state index in [0.29, 0.717) is 6.54 Å². The minimum Gasteiger partial charge on any atom is -0.376 e. The third-order valence-corrected chi connectivity index (χ3v) is 5.83. The van der Waals surface area contributed by atoms with Gasteiger partial charge in [-0.2, -0.15) is 0 Å². The predicted octanol–water partition coefficient (Wildman–Crippen LogP) is 2.42. The largest absolute Gasteiger partial charge is 0.376 e. The number of hydrogen-bond acceptors (Lipinski definition) is 6. The summed E-state index contributed by atoms with van der Waals surface area (Å²) < 4.78 is 7.84. The molecular weight excluding hydrogens is 356 g/mol. The first-order valence-electron chi connectivity index (χ1n) is 8.15. The van der Waals surface area contributed by atoms with E-state index in [1.807, 2.05) is 24.4 Å². The van der Waals surface area contributed by atoms with Gasteiger partial charge >= 0.3 is 0 Å². The minimum absolute atomic E-state index is 0.104. The molecule has 6 nitrogen and oxygen atoms in total. The van der Waals surface area contributed by atoms with Crippen LogP contribution in [0.25, 0.3) is 10.7 Å². The molecule has 0 saturated carbocycles. The van der Waals surface area contributed by atoms with E-state index >= 15 is 0 Å². The zero-order valence-electron chi connectivity index (χ0n) is 14.0. The third kappa shape index (κ3) is 4.42. The minimum atomic E-state index is -0.308. The first kappa shape index (κ1) is 18.0. The third-order valence-electron chi connectivity index (χ3n) is 3.88. The van der Waals surface area contributed by atoms with Crippen LogP contribution in [0.1, 0.15) is 19.8 Å². The summed E-state index contributed by atoms with van der Waals surface area (Å²) in [4.78, 5) is 13.1. The number of carbonyl (C=O) groups excluding carboxylic acids is 1. The van der Waals surface area contributed by atoms with E-state index in [4.69, 9.17) is 11.2 Å². The first-order chi connectivity index (χ1) is 12.2. The van der Waals surface area contributed by atoms with E-state index in [2.05, 4.69) is 26.0 Å². The number of ether oxygens (including phenoxy) is 1. The summed E-state index contributed by atoms with van der Waals surface area (Å²) >= 11 is 3.01. The van der Waals surface area contributed by atoms with Crippen LogP contribution in [0, 0.1) is 12.3 Å². The van der Waals surface area contributed by atoms with E-state index in [9.17, 15) is 4.79 Å². The Bertz CT molecular complexity index is 745. The predicted molar refractivity (Wildman–Crippen MR) is 99.5 cm³/mol. The number of nitrogens with one attached hydrogen (secondary N) is 1. The molecule has 132 valence electrons. The van der Waals surface area contributed by atoms with Crippen LogP contribution < -0.4 is 5.32 Å². The lowest BCUT2D eigenvalue weighted by atomic mass is 10.2. The molecule has 1 aliphatic heterocycles. The van der Waals surface area contributed by atoms with Crippen molar-refractivity contribution in [2.24, 2.45) is 0 Å². The van der Waals surface area contributed by atoms with Crippen molar-refractivity contribution in [2.75, 3.05) is 13.2 Å². The van der Waals surface area contributed by atoms with E-state index < -0.39 is 0 Å². The fourth-order valence-electron chi connectivity index (χ4n) is 2.61. The number of thioether (sulfide) groups is 1. The lowest BCUT2D eigenvalue weighted by Gasteiger charge is -2.15. The van der Waals surface area contributed by atoms with Crippen molar-refractivity contribution in [1.82, 2.24) is 20.1 Å². The van der Waals surface area contributed by atoms with Gasteiger partial charge in [-0.1, -0.05) is 23.7 Å². The number of nitrogens with zero attached hydrogens (tertiary/aromatic N) is 3. The SMILES string of the molecule is C#CCNC(=O)C(C)Sc1nnc(-c2cccs2)n1CC1CCCO1. The van der Waals surface area contributed by atoms with Gasteiger partial charge in [0.05, 0.1) is 29.3 Å². The second kappa shape index (κ2) is 8.52. The monoisotopic (exact) mass is 376 g/mol. The number of carbonyl (C=O) groups is 1. The summed E-state index contributed by atoms with van der Waals surface area (Å²) in [5.74, 6) is 3.13. The van der Waals surface area contributed by atoms with Gasteiger partial charge in [0.2, 0.25) is 5.91 Å². The van der Waals surface area contributed by atoms with Gasteiger partial charge in [-0.25, -0.2) is 0 Å². The molecule has 2 aromatic heterocycles. The van der Waals surface area contributed by atoms with Crippen molar-refractivity contribution in [1.29, 1.82) is 0 Å². The first-order valence-corrected chi connectivity index (χ1v) is 9.91. The molecule has 0 spiro atoms. The van der Waals surface area contributed by atoms with Gasteiger partial charge in [0, 0.05) is 6.61 Å². The van der Waals surface area contributed by atoms with Crippen LogP contribution in [-0.4, -0.2) is 45.2 Å². The van der Waals surface area contributed by atoms with Gasteiger partial charge in [0.15, 0.2) is 11.0 Å². The maximum Gasteiger partial charge on any atom is 0.234 e. The van der Waals surface area contributed by atoms with Crippen LogP contribution in [0.2, 0.25) is 0 Å². The van der Waals surface area contributed by atoms with Crippen molar-refractivity contribution in [2.45, 2.75) is 42.8 Å². The van der Waals surface area contributed by atoms with Gasteiger partial charge in [-0.3, -0.25) is 9.36 Å². The van der Waals surface area contributed by atoms with E-state index in [-0.39, 0.29) is 23.8 Å². The molecule has 8 heteroatoms. The Kier molecular flexibility index (Phi) is 6.13. The quantitative estimate of drug-likeness (QED) is 0.594. The molecule has 1 fully saturated rings. The van der Waals surface area contributed by atoms with Crippen molar-refractivity contribution >= 4 is 29.0 Å². The molecule has 0 radical (unpaired) electrons. The molecule has 1 saturated heterocycles. The molecular formula is C17H20N4O2S2. The van der Waals surface area contributed by atoms with Crippen LogP contribution in [0.5, 0.6) is 0 Å². The van der Waals surface area contributed by atoms with Gasteiger partial charge in [-0.15, -0.1) is 28.0 Å². The van der Waals surface area contributed by atoms with E-state index in [1.54, 1.807) is 11.3 Å². The average Bonchev–Trinajstić information content (AvgIpc) is 3.35. The Morgan fingerprint density at radius 3 is 3.20 bits per heavy atom. The molecule has 2 unspecified atom stereocenters. The maximum absolute atomic E-state index is 12.1. The second-order valence-corrected chi connectivity index (χ2v) is 7.97. The molecule has 0 aliphatic carbocycles. The van der Waals surface area contributed by atoms with Gasteiger partial charge in [-0.05, 0) is 31.2 Å². The summed E-state index contributed by atoms with van der Waals surface area (Å²) in [5.41, 5.74) is 0. The molecule has 1 aliphatic rings. The number of thiophene rings is 1. The van der Waals surface area contributed by atoms with E-state index in [1.165, 1.54) is 11.8 Å². The topological polar surface area (TPSA) is 69.0 Å². The zero-order chi connectivity index (χ0) is 17.6. The molecule has 3 rings (SSSR count). The van der Waals surface area contributed by atoms with E-state index in [0.717, 1.165) is 35.3 Å². The molecule has 1 amide bonds. The van der Waals surface area contributed by atoms with Crippen LogP contribution in [0.15, 0.2) is 22.7 Å². The highest BCUT2D eigenvalue weighted by atomic mass is 32.2. The Labute approximate surface area is 155 Å². The van der Waals surface area contributed by atoms with Crippen molar-refractivity contribution < 1.29 is 9.53 Å². The molecule has 0 aromatic carbocycles. The summed E-state index contributed by atoms with van der Waals surface area (Å²) in [6, 6.07) is 4.02. The van der Waals surface area contributed by atoms with Crippen LogP contribution >= 0.6 is 23.1 Å². The van der Waals surface area contributed by atoms with Gasteiger partial charge in [0.1, 0.15) is 0 Å². The molecule has 25 heavy (non-hydrogen) atoms. The smallest absolute Gasteiger partial charge is 0.234 e. The lowest BCUT2D eigenvalue weighted by Crippen LogP contribution is -2.31. The fourth-order valence-corrected chi connectivity index (χ4v) is 4.21. The summed E-state index contributed by atoms with van der Waals surface area (Å²) in [6.45, 7) is 3.56. The average molecular weight is 377 g/mol. The molecule has 2 aromatic rings. The van der Waals surface area contributed by atoms with Crippen LogP contribution in [0.4, 0.5) is 0 Å². The van der Waals surface area contributed by atoms with Crippen LogP contribution in [-0.2, 0) is 16.1 Å². The highest BCUT2D eigenvalue weighted by molar-refractivity contribution is 8.00. The van der Waals surface area contributed by atoms with Crippen molar-refractivity contribution in [3.8, 4) is 23.0 Å². The molecule has 2 atom stereocenters. The highest BCUT2D eigenvalue weighted by Gasteiger charge is 2.24. The second-order valence-electron chi connectivity index (χ2n) is 5.71. The van der Waals surface area contributed by atoms with Crippen molar-refractivity contribution in [3.63, 3.8) is 0 Å². The summed E-state index contributed by atoms with van der Waals surface area (Å²) in [5, 5.41) is 13.8. The Hall–Kier alpha value is -1.82. The van der Waals surface area contributed by atoms with Crippen LogP contribution in [0.3, 0.4) is 0 Å². The number of hydrogen-bond donors (Lipinski definition) is 1. The Morgan fingerprint density at radius 2 is 2.52 bits per heavy atom. The standard InChI is InChI=1S/C17H20N4O2S2/c1-3-8-18-16(22)12(2)25-17-20-19-15(14-7-5-10-24-14)21(17)11-13-6-4-9-23-13/h1,5,7,10,12-13H,4,6,8-9,11H2,2H3,(H,18,22). The normalized spacial score (nSPS) is 18.0. The maximum atomic E-state index is 12.1. The van der Waals surface area contributed by atoms with Crippen molar-refractivity contribution in [3.05, 3.63) is 17.5 Å². The highest BCUT2D eigenvalue weighted by Crippen LogP contribution is 2.30. The Balaban J connectivity index is 1.80. The summed E-state index contributed by atoms with van der Waals surface area (Å²) in [6.07, 6.45) is 7.47.